The molecule has 0 unspecified atom stereocenters. The lowest BCUT2D eigenvalue weighted by Crippen LogP contribution is -2.35. The molecule has 0 aliphatic rings. The zero-order valence-electron chi connectivity index (χ0n) is 16.0. The smallest absolute Gasteiger partial charge is 0.343 e. The molecule has 1 aromatic heterocycles. The van der Waals surface area contributed by atoms with Crippen molar-refractivity contribution in [3.05, 3.63) is 59.0 Å². The second-order valence-corrected chi connectivity index (χ2v) is 7.93. The summed E-state index contributed by atoms with van der Waals surface area (Å²) in [5.41, 5.74) is -0.279. The number of benzene rings is 2. The van der Waals surface area contributed by atoms with Gasteiger partial charge in [-0.3, -0.25) is 9.36 Å². The molecule has 2 aromatic carbocycles. The van der Waals surface area contributed by atoms with Crippen LogP contribution in [-0.4, -0.2) is 50.2 Å². The van der Waals surface area contributed by atoms with Crippen LogP contribution in [-0.2, 0) is 26.1 Å². The van der Waals surface area contributed by atoms with Gasteiger partial charge in [0.25, 0.3) is 10.0 Å². The lowest BCUT2D eigenvalue weighted by Gasteiger charge is -2.07. The first-order valence-electron chi connectivity index (χ1n) is 8.75. The summed E-state index contributed by atoms with van der Waals surface area (Å²) in [5.74, 6) is 0.0698. The third kappa shape index (κ3) is 4.03. The van der Waals surface area contributed by atoms with Crippen molar-refractivity contribution in [1.29, 1.82) is 0 Å². The first-order valence-corrected chi connectivity index (χ1v) is 10.2. The molecule has 0 saturated carbocycles. The lowest BCUT2D eigenvalue weighted by atomic mass is 10.3. The number of fused-ring (bicyclic) bond motifs is 1. The van der Waals surface area contributed by atoms with Crippen LogP contribution in [0.3, 0.4) is 0 Å². The number of methoxy groups -OCH3 is 2. The number of aromatic nitrogens is 2. The van der Waals surface area contributed by atoms with Gasteiger partial charge in [0.1, 0.15) is 12.3 Å². The van der Waals surface area contributed by atoms with E-state index in [0.717, 1.165) is 4.57 Å². The number of carbonyl (C=O) groups is 1. The third-order valence-corrected chi connectivity index (χ3v) is 6.03. The van der Waals surface area contributed by atoms with E-state index in [1.54, 1.807) is 18.2 Å². The van der Waals surface area contributed by atoms with Crippen LogP contribution in [0.2, 0.25) is 0 Å². The monoisotopic (exact) mass is 419 g/mol. The first kappa shape index (κ1) is 20.6. The second kappa shape index (κ2) is 8.50. The Kier molecular flexibility index (Phi) is 6.04. The molecule has 0 fully saturated rings. The van der Waals surface area contributed by atoms with Crippen LogP contribution in [0.15, 0.2) is 58.2 Å². The van der Waals surface area contributed by atoms with Crippen LogP contribution < -0.4 is 15.7 Å². The molecule has 0 radical (unpaired) electrons. The van der Waals surface area contributed by atoms with Gasteiger partial charge in [0.15, 0.2) is 0 Å². The molecule has 10 heteroatoms. The summed E-state index contributed by atoms with van der Waals surface area (Å²) in [6.07, 6.45) is 0. The Bertz CT molecular complexity index is 1180. The van der Waals surface area contributed by atoms with Crippen LogP contribution in [0.4, 0.5) is 0 Å². The highest BCUT2D eigenvalue weighted by Crippen LogP contribution is 2.21. The van der Waals surface area contributed by atoms with Crippen molar-refractivity contribution in [3.63, 3.8) is 0 Å². The van der Waals surface area contributed by atoms with Crippen molar-refractivity contribution >= 4 is 27.0 Å². The molecular weight excluding hydrogens is 398 g/mol. The Morgan fingerprint density at radius 1 is 1.03 bits per heavy atom. The minimum absolute atomic E-state index is 0.0622. The second-order valence-electron chi connectivity index (χ2n) is 6.15. The highest BCUT2D eigenvalue weighted by molar-refractivity contribution is 7.90. The molecular formula is C19H21N3O6S. The number of nitrogens with zero attached hydrogens (tertiary/aromatic N) is 2. The molecule has 1 heterocycles. The Morgan fingerprint density at radius 2 is 1.69 bits per heavy atom. The molecule has 29 heavy (non-hydrogen) atoms. The minimum atomic E-state index is -4.18. The van der Waals surface area contributed by atoms with E-state index >= 15 is 0 Å². The van der Waals surface area contributed by atoms with Crippen LogP contribution >= 0.6 is 0 Å². The number of hydrogen-bond acceptors (Lipinski definition) is 6. The molecule has 1 amide bonds. The maximum atomic E-state index is 13.2. The maximum absolute atomic E-state index is 13.2. The van der Waals surface area contributed by atoms with E-state index in [2.05, 4.69) is 5.32 Å². The van der Waals surface area contributed by atoms with Gasteiger partial charge >= 0.3 is 5.69 Å². The normalized spacial score (nSPS) is 11.5. The van der Waals surface area contributed by atoms with E-state index in [1.807, 2.05) is 0 Å². The van der Waals surface area contributed by atoms with Gasteiger partial charge in [-0.2, -0.15) is 3.97 Å². The summed E-state index contributed by atoms with van der Waals surface area (Å²) in [6.45, 7) is 0.301. The van der Waals surface area contributed by atoms with Gasteiger partial charge in [0.2, 0.25) is 5.91 Å². The molecule has 0 atom stereocenters. The predicted molar refractivity (Wildman–Crippen MR) is 107 cm³/mol. The number of ether oxygens (including phenoxy) is 2. The summed E-state index contributed by atoms with van der Waals surface area (Å²) >= 11 is 0. The van der Waals surface area contributed by atoms with E-state index in [1.165, 1.54) is 44.6 Å². The Balaban J connectivity index is 2.08. The highest BCUT2D eigenvalue weighted by atomic mass is 32.2. The zero-order valence-corrected chi connectivity index (χ0v) is 16.8. The van der Waals surface area contributed by atoms with E-state index in [-0.39, 0.29) is 23.5 Å². The molecule has 154 valence electrons. The van der Waals surface area contributed by atoms with Crippen LogP contribution in [0, 0.1) is 0 Å². The fourth-order valence-corrected chi connectivity index (χ4v) is 4.32. The van der Waals surface area contributed by atoms with E-state index in [0.29, 0.717) is 21.8 Å². The van der Waals surface area contributed by atoms with Crippen molar-refractivity contribution in [1.82, 2.24) is 13.9 Å². The summed E-state index contributed by atoms with van der Waals surface area (Å²) in [7, 11) is -1.20. The summed E-state index contributed by atoms with van der Waals surface area (Å²) < 4.78 is 38.1. The number of para-hydroxylation sites is 2. The molecule has 0 aliphatic heterocycles. The van der Waals surface area contributed by atoms with Crippen molar-refractivity contribution < 1.29 is 22.7 Å². The third-order valence-electron chi connectivity index (χ3n) is 4.32. The lowest BCUT2D eigenvalue weighted by molar-refractivity contribution is -0.121. The zero-order chi connectivity index (χ0) is 21.0. The van der Waals surface area contributed by atoms with E-state index in [4.69, 9.17) is 9.47 Å². The summed E-state index contributed by atoms with van der Waals surface area (Å²) in [6, 6.07) is 12.2. The minimum Gasteiger partial charge on any atom is -0.497 e. The fraction of sp³-hybridized carbons (Fsp3) is 0.263. The molecule has 0 spiro atoms. The molecule has 0 saturated heterocycles. The number of carbonyl (C=O) groups excluding carboxylic acids is 1. The first-order chi connectivity index (χ1) is 13.9. The summed E-state index contributed by atoms with van der Waals surface area (Å²) in [5, 5.41) is 2.62. The van der Waals surface area contributed by atoms with Gasteiger partial charge in [-0.1, -0.05) is 12.1 Å². The molecule has 3 aromatic rings. The molecule has 0 aliphatic carbocycles. The van der Waals surface area contributed by atoms with E-state index < -0.39 is 21.6 Å². The van der Waals surface area contributed by atoms with Crippen molar-refractivity contribution in [2.45, 2.75) is 11.4 Å². The molecule has 9 nitrogen and oxygen atoms in total. The van der Waals surface area contributed by atoms with Gasteiger partial charge in [0.05, 0.1) is 29.6 Å². The summed E-state index contributed by atoms with van der Waals surface area (Å²) in [4.78, 5) is 25.1. The van der Waals surface area contributed by atoms with Crippen molar-refractivity contribution in [3.8, 4) is 5.75 Å². The average Bonchev–Trinajstić information content (AvgIpc) is 3.00. The van der Waals surface area contributed by atoms with Gasteiger partial charge in [-0.05, 0) is 36.4 Å². The number of hydrogen-bond donors (Lipinski definition) is 1. The van der Waals surface area contributed by atoms with Gasteiger partial charge < -0.3 is 14.8 Å². The number of imidazole rings is 1. The van der Waals surface area contributed by atoms with Crippen LogP contribution in [0.1, 0.15) is 0 Å². The standard InChI is InChI=1S/C19H21N3O6S/c1-27-12-11-20-18(23)13-21-16-5-3-4-6-17(16)22(19(21)24)29(25,26)15-9-7-14(28-2)8-10-15/h3-10H,11-13H2,1-2H3,(H,20,23). The topological polar surface area (TPSA) is 109 Å². The van der Waals surface area contributed by atoms with Gasteiger partial charge in [-0.25, -0.2) is 13.2 Å². The van der Waals surface area contributed by atoms with Crippen molar-refractivity contribution in [2.75, 3.05) is 27.4 Å². The Labute approximate surface area is 167 Å². The molecule has 3 rings (SSSR count). The predicted octanol–water partition coefficient (Wildman–Crippen LogP) is 0.811. The highest BCUT2D eigenvalue weighted by Gasteiger charge is 2.26. The Morgan fingerprint density at radius 3 is 2.31 bits per heavy atom. The number of rotatable bonds is 8. The number of nitrogens with one attached hydrogen (secondary N) is 1. The van der Waals surface area contributed by atoms with Crippen LogP contribution in [0.5, 0.6) is 5.75 Å². The quantitative estimate of drug-likeness (QED) is 0.542. The maximum Gasteiger partial charge on any atom is 0.343 e. The van der Waals surface area contributed by atoms with E-state index in [9.17, 15) is 18.0 Å². The van der Waals surface area contributed by atoms with Crippen LogP contribution in [0.25, 0.3) is 11.0 Å². The average molecular weight is 419 g/mol. The molecule has 1 N–H and O–H groups in total. The Hall–Kier alpha value is -3.11. The number of amides is 1. The molecule has 0 bridgehead atoms. The van der Waals surface area contributed by atoms with Gasteiger partial charge in [-0.15, -0.1) is 0 Å². The largest absolute Gasteiger partial charge is 0.497 e. The van der Waals surface area contributed by atoms with Crippen molar-refractivity contribution in [2.24, 2.45) is 0 Å². The van der Waals surface area contributed by atoms with Gasteiger partial charge in [0, 0.05) is 13.7 Å². The SMILES string of the molecule is COCCNC(=O)Cn1c(=O)n(S(=O)(=O)c2ccc(OC)cc2)c2ccccc21. The fourth-order valence-electron chi connectivity index (χ4n) is 2.91.